The van der Waals surface area contributed by atoms with Crippen molar-refractivity contribution in [2.24, 2.45) is 0 Å². The summed E-state index contributed by atoms with van der Waals surface area (Å²) in [7, 11) is 0. The van der Waals surface area contributed by atoms with Crippen molar-refractivity contribution in [2.45, 2.75) is 19.8 Å². The fourth-order valence-corrected chi connectivity index (χ4v) is 2.90. The van der Waals surface area contributed by atoms with Crippen LogP contribution in [0.2, 0.25) is 5.02 Å². The van der Waals surface area contributed by atoms with Gasteiger partial charge in [0.05, 0.1) is 5.52 Å². The third-order valence-electron chi connectivity index (χ3n) is 3.81. The van der Waals surface area contributed by atoms with E-state index in [0.29, 0.717) is 10.8 Å². The lowest BCUT2D eigenvalue weighted by atomic mass is 10.2. The number of nitrogens with zero attached hydrogens (tertiary/aromatic N) is 4. The maximum absolute atomic E-state index is 6.16. The maximum atomic E-state index is 6.16. The van der Waals surface area contributed by atoms with Crippen LogP contribution in [-0.4, -0.2) is 19.6 Å². The highest BCUT2D eigenvalue weighted by Gasteiger charge is 2.14. The van der Waals surface area contributed by atoms with Gasteiger partial charge in [-0.2, -0.15) is 4.52 Å². The van der Waals surface area contributed by atoms with Gasteiger partial charge in [-0.3, -0.25) is 0 Å². The Labute approximate surface area is 138 Å². The lowest BCUT2D eigenvalue weighted by molar-refractivity contribution is 0.771. The number of aryl methyl sites for hydroxylation is 1. The van der Waals surface area contributed by atoms with Crippen molar-refractivity contribution in [3.05, 3.63) is 59.4 Å². The van der Waals surface area contributed by atoms with Crippen LogP contribution in [0.3, 0.4) is 0 Å². The minimum atomic E-state index is 0.675. The van der Waals surface area contributed by atoms with E-state index in [2.05, 4.69) is 12.0 Å². The molecule has 0 aliphatic rings. The molecule has 4 rings (SSSR count). The van der Waals surface area contributed by atoms with E-state index in [1.54, 1.807) is 0 Å². The molecular formula is C18H15ClN4. The molecule has 2 heterocycles. The second-order valence-electron chi connectivity index (χ2n) is 5.48. The first kappa shape index (κ1) is 14.2. The maximum Gasteiger partial charge on any atom is 0.182 e. The fraction of sp³-hybridized carbons (Fsp3) is 0.167. The van der Waals surface area contributed by atoms with Gasteiger partial charge in [0.15, 0.2) is 11.5 Å². The molecule has 0 fully saturated rings. The van der Waals surface area contributed by atoms with Gasteiger partial charge in [-0.15, -0.1) is 5.10 Å². The van der Waals surface area contributed by atoms with Crippen molar-refractivity contribution in [1.82, 2.24) is 19.6 Å². The first-order valence-electron chi connectivity index (χ1n) is 7.66. The Morgan fingerprint density at radius 2 is 1.87 bits per heavy atom. The molecule has 0 aliphatic heterocycles. The van der Waals surface area contributed by atoms with E-state index in [9.17, 15) is 0 Å². The van der Waals surface area contributed by atoms with Gasteiger partial charge in [0.1, 0.15) is 5.82 Å². The third-order valence-corrected chi connectivity index (χ3v) is 4.04. The average molecular weight is 323 g/mol. The van der Waals surface area contributed by atoms with Gasteiger partial charge >= 0.3 is 0 Å². The third kappa shape index (κ3) is 2.45. The summed E-state index contributed by atoms with van der Waals surface area (Å²) in [6, 6.07) is 15.7. The Morgan fingerprint density at radius 1 is 1.04 bits per heavy atom. The summed E-state index contributed by atoms with van der Waals surface area (Å²) in [6.45, 7) is 2.13. The van der Waals surface area contributed by atoms with Crippen molar-refractivity contribution in [1.29, 1.82) is 0 Å². The fourth-order valence-electron chi connectivity index (χ4n) is 2.73. The average Bonchev–Trinajstić information content (AvgIpc) is 3.02. The Hall–Kier alpha value is -2.46. The van der Waals surface area contributed by atoms with Crippen LogP contribution in [0.25, 0.3) is 27.9 Å². The van der Waals surface area contributed by atoms with Crippen molar-refractivity contribution in [3.8, 4) is 11.4 Å². The molecule has 0 saturated carbocycles. The molecule has 0 saturated heterocycles. The number of hydrogen-bond acceptors (Lipinski definition) is 3. The highest BCUT2D eigenvalue weighted by Crippen LogP contribution is 2.25. The minimum absolute atomic E-state index is 0.675. The molecule has 23 heavy (non-hydrogen) atoms. The molecule has 114 valence electrons. The van der Waals surface area contributed by atoms with E-state index in [1.807, 2.05) is 53.0 Å². The number of halogens is 1. The monoisotopic (exact) mass is 322 g/mol. The standard InChI is InChI=1S/C18H15ClN4/c1-2-6-16-20-15-10-9-13(19)11-14(15)18-21-17(22-23(16)18)12-7-4-3-5-8-12/h3-5,7-11H,2,6H2,1H3. The van der Waals surface area contributed by atoms with E-state index < -0.39 is 0 Å². The van der Waals surface area contributed by atoms with Gasteiger partial charge in [0, 0.05) is 22.4 Å². The summed E-state index contributed by atoms with van der Waals surface area (Å²) >= 11 is 6.16. The molecule has 0 radical (unpaired) electrons. The predicted molar refractivity (Wildman–Crippen MR) is 92.7 cm³/mol. The van der Waals surface area contributed by atoms with Crippen LogP contribution in [0.4, 0.5) is 0 Å². The number of aromatic nitrogens is 4. The van der Waals surface area contributed by atoms with E-state index in [-0.39, 0.29) is 0 Å². The molecule has 0 spiro atoms. The lowest BCUT2D eigenvalue weighted by Crippen LogP contribution is -2.03. The van der Waals surface area contributed by atoms with Crippen LogP contribution < -0.4 is 0 Å². The minimum Gasteiger partial charge on any atom is -0.233 e. The highest BCUT2D eigenvalue weighted by atomic mass is 35.5. The van der Waals surface area contributed by atoms with Gasteiger partial charge in [0.25, 0.3) is 0 Å². The molecule has 5 heteroatoms. The zero-order valence-corrected chi connectivity index (χ0v) is 13.5. The lowest BCUT2D eigenvalue weighted by Gasteiger charge is -2.05. The summed E-state index contributed by atoms with van der Waals surface area (Å²) < 4.78 is 1.85. The first-order valence-corrected chi connectivity index (χ1v) is 8.04. The number of fused-ring (bicyclic) bond motifs is 3. The Bertz CT molecular complexity index is 992. The molecule has 0 N–H and O–H groups in total. The molecule has 0 atom stereocenters. The number of hydrogen-bond donors (Lipinski definition) is 0. The van der Waals surface area contributed by atoms with Crippen LogP contribution in [0.15, 0.2) is 48.5 Å². The molecule has 0 amide bonds. The van der Waals surface area contributed by atoms with Crippen LogP contribution in [-0.2, 0) is 6.42 Å². The van der Waals surface area contributed by atoms with Crippen LogP contribution in [0, 0.1) is 0 Å². The number of rotatable bonds is 3. The van der Waals surface area contributed by atoms with E-state index in [0.717, 1.165) is 40.8 Å². The summed E-state index contributed by atoms with van der Waals surface area (Å²) in [5.74, 6) is 1.63. The van der Waals surface area contributed by atoms with Gasteiger partial charge < -0.3 is 0 Å². The van der Waals surface area contributed by atoms with Crippen LogP contribution in [0.1, 0.15) is 19.2 Å². The molecular weight excluding hydrogens is 308 g/mol. The zero-order valence-electron chi connectivity index (χ0n) is 12.7. The van der Waals surface area contributed by atoms with E-state index in [4.69, 9.17) is 21.6 Å². The smallest absolute Gasteiger partial charge is 0.182 e. The second kappa shape index (κ2) is 5.63. The van der Waals surface area contributed by atoms with Gasteiger partial charge in [-0.1, -0.05) is 48.9 Å². The molecule has 0 unspecified atom stereocenters. The van der Waals surface area contributed by atoms with E-state index in [1.165, 1.54) is 0 Å². The zero-order chi connectivity index (χ0) is 15.8. The van der Waals surface area contributed by atoms with Crippen molar-refractivity contribution < 1.29 is 0 Å². The molecule has 2 aromatic heterocycles. The highest BCUT2D eigenvalue weighted by molar-refractivity contribution is 6.31. The van der Waals surface area contributed by atoms with E-state index >= 15 is 0 Å². The summed E-state index contributed by atoms with van der Waals surface area (Å²) in [5, 5.41) is 6.28. The largest absolute Gasteiger partial charge is 0.233 e. The summed E-state index contributed by atoms with van der Waals surface area (Å²) in [4.78, 5) is 9.49. The quantitative estimate of drug-likeness (QED) is 0.555. The van der Waals surface area contributed by atoms with Crippen LogP contribution in [0.5, 0.6) is 0 Å². The van der Waals surface area contributed by atoms with Crippen molar-refractivity contribution in [2.75, 3.05) is 0 Å². The normalized spacial score (nSPS) is 11.4. The molecule has 2 aromatic carbocycles. The first-order chi connectivity index (χ1) is 11.3. The summed E-state index contributed by atoms with van der Waals surface area (Å²) in [6.07, 6.45) is 1.86. The van der Waals surface area contributed by atoms with Gasteiger partial charge in [-0.05, 0) is 24.6 Å². The summed E-state index contributed by atoms with van der Waals surface area (Å²) in [5.41, 5.74) is 2.70. The van der Waals surface area contributed by atoms with Crippen molar-refractivity contribution >= 4 is 28.2 Å². The number of benzene rings is 2. The SMILES string of the molecule is CCCc1nc2ccc(Cl)cc2c2nc(-c3ccccc3)nn12. The van der Waals surface area contributed by atoms with Gasteiger partial charge in [-0.25, -0.2) is 9.97 Å². The Morgan fingerprint density at radius 3 is 2.65 bits per heavy atom. The molecule has 0 bridgehead atoms. The molecule has 0 aliphatic carbocycles. The van der Waals surface area contributed by atoms with Crippen molar-refractivity contribution in [3.63, 3.8) is 0 Å². The Balaban J connectivity index is 2.05. The second-order valence-corrected chi connectivity index (χ2v) is 5.91. The molecule has 4 aromatic rings. The van der Waals surface area contributed by atoms with Crippen LogP contribution >= 0.6 is 11.6 Å². The Kier molecular flexibility index (Phi) is 3.46. The predicted octanol–water partition coefficient (Wildman–Crippen LogP) is 4.55. The van der Waals surface area contributed by atoms with Gasteiger partial charge in [0.2, 0.25) is 0 Å². The topological polar surface area (TPSA) is 43.1 Å². The molecule has 4 nitrogen and oxygen atoms in total.